The quantitative estimate of drug-likeness (QED) is 0.669. The van der Waals surface area contributed by atoms with Crippen LogP contribution in [0.15, 0.2) is 24.3 Å². The largest absolute Gasteiger partial charge is 0.497 e. The van der Waals surface area contributed by atoms with Crippen molar-refractivity contribution < 1.29 is 14.2 Å². The number of hydrogen-bond donors (Lipinski definition) is 1. The topological polar surface area (TPSA) is 39.7 Å². The maximum atomic E-state index is 5.94. The second kappa shape index (κ2) is 9.75. The Morgan fingerprint density at radius 1 is 1.20 bits per heavy atom. The summed E-state index contributed by atoms with van der Waals surface area (Å²) in [5.74, 6) is 0.852. The molecule has 1 unspecified atom stereocenters. The van der Waals surface area contributed by atoms with Gasteiger partial charge in [-0.2, -0.15) is 0 Å². The van der Waals surface area contributed by atoms with Crippen molar-refractivity contribution in [1.29, 1.82) is 0 Å². The Morgan fingerprint density at radius 2 is 2.00 bits per heavy atom. The van der Waals surface area contributed by atoms with Crippen LogP contribution in [0.5, 0.6) is 5.75 Å². The molecular formula is C16H27NO3. The third-order valence-electron chi connectivity index (χ3n) is 2.93. The molecule has 1 N–H and O–H groups in total. The summed E-state index contributed by atoms with van der Waals surface area (Å²) in [6, 6.07) is 8.45. The van der Waals surface area contributed by atoms with E-state index < -0.39 is 0 Å². The molecule has 4 nitrogen and oxygen atoms in total. The summed E-state index contributed by atoms with van der Waals surface area (Å²) in [6.07, 6.45) is 0.00737. The smallest absolute Gasteiger partial charge is 0.119 e. The van der Waals surface area contributed by atoms with Gasteiger partial charge in [-0.05, 0) is 24.6 Å². The average molecular weight is 281 g/mol. The normalized spacial score (nSPS) is 12.7. The molecule has 0 saturated carbocycles. The van der Waals surface area contributed by atoms with Crippen LogP contribution in [0.3, 0.4) is 0 Å². The standard InChI is InChI=1S/C16H27NO3/c1-5-19-9-10-20-16(12-17-13(2)3)14-7-6-8-15(11-14)18-4/h6-8,11,13,16-17H,5,9-10,12H2,1-4H3. The van der Waals surface area contributed by atoms with Gasteiger partial charge in [-0.15, -0.1) is 0 Å². The van der Waals surface area contributed by atoms with Gasteiger partial charge in [0.25, 0.3) is 0 Å². The molecule has 114 valence electrons. The molecule has 0 fully saturated rings. The number of methoxy groups -OCH3 is 1. The fraction of sp³-hybridized carbons (Fsp3) is 0.625. The Labute approximate surface area is 122 Å². The van der Waals surface area contributed by atoms with Crippen LogP contribution >= 0.6 is 0 Å². The molecule has 1 aromatic carbocycles. The Morgan fingerprint density at radius 3 is 2.65 bits per heavy atom. The average Bonchev–Trinajstić information content (AvgIpc) is 2.46. The molecule has 1 atom stereocenters. The van der Waals surface area contributed by atoms with Crippen molar-refractivity contribution in [2.45, 2.75) is 32.9 Å². The maximum Gasteiger partial charge on any atom is 0.119 e. The second-order valence-corrected chi connectivity index (χ2v) is 4.90. The van der Waals surface area contributed by atoms with Crippen LogP contribution in [-0.4, -0.2) is 39.5 Å². The predicted molar refractivity (Wildman–Crippen MR) is 81.3 cm³/mol. The highest BCUT2D eigenvalue weighted by Crippen LogP contribution is 2.21. The van der Waals surface area contributed by atoms with Crippen LogP contribution in [0.4, 0.5) is 0 Å². The summed E-state index contributed by atoms with van der Waals surface area (Å²) < 4.78 is 16.5. The van der Waals surface area contributed by atoms with Crippen molar-refractivity contribution in [2.24, 2.45) is 0 Å². The molecule has 0 bridgehead atoms. The zero-order valence-electron chi connectivity index (χ0n) is 13.0. The highest BCUT2D eigenvalue weighted by atomic mass is 16.5. The molecule has 1 aromatic rings. The zero-order chi connectivity index (χ0) is 14.8. The summed E-state index contributed by atoms with van der Waals surface area (Å²) in [6.45, 7) is 8.95. The Kier molecular flexibility index (Phi) is 8.26. The molecule has 0 aliphatic heterocycles. The highest BCUT2D eigenvalue weighted by molar-refractivity contribution is 5.30. The minimum absolute atomic E-state index is 0.00737. The van der Waals surface area contributed by atoms with Crippen molar-refractivity contribution in [1.82, 2.24) is 5.32 Å². The first kappa shape index (κ1) is 17.0. The Balaban J connectivity index is 2.63. The zero-order valence-corrected chi connectivity index (χ0v) is 13.0. The van der Waals surface area contributed by atoms with Crippen LogP contribution in [0, 0.1) is 0 Å². The monoisotopic (exact) mass is 281 g/mol. The fourth-order valence-corrected chi connectivity index (χ4v) is 1.85. The van der Waals surface area contributed by atoms with Crippen molar-refractivity contribution in [3.63, 3.8) is 0 Å². The van der Waals surface area contributed by atoms with Gasteiger partial charge in [-0.25, -0.2) is 0 Å². The molecule has 1 rings (SSSR count). The van der Waals surface area contributed by atoms with Gasteiger partial charge in [0.2, 0.25) is 0 Å². The summed E-state index contributed by atoms with van der Waals surface area (Å²) in [4.78, 5) is 0. The minimum atomic E-state index is 0.00737. The third-order valence-corrected chi connectivity index (χ3v) is 2.93. The van der Waals surface area contributed by atoms with Crippen molar-refractivity contribution >= 4 is 0 Å². The van der Waals surface area contributed by atoms with Gasteiger partial charge in [0.1, 0.15) is 5.75 Å². The summed E-state index contributed by atoms with van der Waals surface area (Å²) >= 11 is 0. The number of benzene rings is 1. The van der Waals surface area contributed by atoms with E-state index in [-0.39, 0.29) is 6.10 Å². The van der Waals surface area contributed by atoms with Crippen molar-refractivity contribution in [3.05, 3.63) is 29.8 Å². The van der Waals surface area contributed by atoms with Crippen LogP contribution in [0.1, 0.15) is 32.4 Å². The molecular weight excluding hydrogens is 254 g/mol. The SMILES string of the molecule is CCOCCOC(CNC(C)C)c1cccc(OC)c1. The number of nitrogens with one attached hydrogen (secondary N) is 1. The molecule has 20 heavy (non-hydrogen) atoms. The van der Waals surface area contributed by atoms with Crippen molar-refractivity contribution in [2.75, 3.05) is 33.5 Å². The van der Waals surface area contributed by atoms with E-state index in [1.54, 1.807) is 7.11 Å². The molecule has 0 spiro atoms. The molecule has 0 amide bonds. The molecule has 4 heteroatoms. The van der Waals surface area contributed by atoms with E-state index in [1.807, 2.05) is 25.1 Å². The number of ether oxygens (including phenoxy) is 3. The van der Waals surface area contributed by atoms with Gasteiger partial charge in [0.15, 0.2) is 0 Å². The predicted octanol–water partition coefficient (Wildman–Crippen LogP) is 2.79. The Hall–Kier alpha value is -1.10. The van der Waals surface area contributed by atoms with E-state index in [1.165, 1.54) is 0 Å². The summed E-state index contributed by atoms with van der Waals surface area (Å²) in [7, 11) is 1.68. The lowest BCUT2D eigenvalue weighted by Gasteiger charge is -2.21. The summed E-state index contributed by atoms with van der Waals surface area (Å²) in [5.41, 5.74) is 1.12. The van der Waals surface area contributed by atoms with E-state index in [9.17, 15) is 0 Å². The Bertz CT molecular complexity index is 368. The van der Waals surface area contributed by atoms with Gasteiger partial charge in [0, 0.05) is 19.2 Å². The molecule has 0 aliphatic carbocycles. The van der Waals surface area contributed by atoms with Crippen LogP contribution in [-0.2, 0) is 9.47 Å². The minimum Gasteiger partial charge on any atom is -0.497 e. The van der Waals surface area contributed by atoms with Gasteiger partial charge in [0.05, 0.1) is 26.4 Å². The molecule has 0 aliphatic rings. The van der Waals surface area contributed by atoms with E-state index in [4.69, 9.17) is 14.2 Å². The van der Waals surface area contributed by atoms with Gasteiger partial charge in [-0.1, -0.05) is 26.0 Å². The van der Waals surface area contributed by atoms with E-state index in [0.29, 0.717) is 19.3 Å². The third kappa shape index (κ3) is 6.37. The highest BCUT2D eigenvalue weighted by Gasteiger charge is 2.13. The van der Waals surface area contributed by atoms with Gasteiger partial charge in [-0.3, -0.25) is 0 Å². The molecule has 0 aromatic heterocycles. The first-order valence-electron chi connectivity index (χ1n) is 7.24. The van der Waals surface area contributed by atoms with Crippen molar-refractivity contribution in [3.8, 4) is 5.75 Å². The fourth-order valence-electron chi connectivity index (χ4n) is 1.85. The molecule has 0 saturated heterocycles. The first-order chi connectivity index (χ1) is 9.67. The lowest BCUT2D eigenvalue weighted by Crippen LogP contribution is -2.29. The van der Waals surface area contributed by atoms with Gasteiger partial charge >= 0.3 is 0 Å². The van der Waals surface area contributed by atoms with E-state index >= 15 is 0 Å². The van der Waals surface area contributed by atoms with Gasteiger partial charge < -0.3 is 19.5 Å². The lowest BCUT2D eigenvalue weighted by molar-refractivity contribution is 0.00610. The first-order valence-corrected chi connectivity index (χ1v) is 7.24. The molecule has 0 radical (unpaired) electrons. The number of rotatable bonds is 10. The number of hydrogen-bond acceptors (Lipinski definition) is 4. The van der Waals surface area contributed by atoms with E-state index in [2.05, 4.69) is 25.2 Å². The van der Waals surface area contributed by atoms with Crippen LogP contribution in [0.2, 0.25) is 0 Å². The van der Waals surface area contributed by atoms with E-state index in [0.717, 1.165) is 24.5 Å². The molecule has 0 heterocycles. The van der Waals surface area contributed by atoms with Crippen LogP contribution < -0.4 is 10.1 Å². The summed E-state index contributed by atoms with van der Waals surface area (Å²) in [5, 5.41) is 3.42. The second-order valence-electron chi connectivity index (χ2n) is 4.90. The van der Waals surface area contributed by atoms with Crippen LogP contribution in [0.25, 0.3) is 0 Å². The lowest BCUT2D eigenvalue weighted by atomic mass is 10.1. The maximum absolute atomic E-state index is 5.94.